The van der Waals surface area contributed by atoms with E-state index < -0.39 is 0 Å². The quantitative estimate of drug-likeness (QED) is 0.779. The molecule has 1 aromatic carbocycles. The van der Waals surface area contributed by atoms with Gasteiger partial charge in [-0.2, -0.15) is 0 Å². The predicted molar refractivity (Wildman–Crippen MR) is 78.1 cm³/mol. The van der Waals surface area contributed by atoms with Crippen molar-refractivity contribution in [3.05, 3.63) is 29.3 Å². The van der Waals surface area contributed by atoms with Crippen LogP contribution in [0.3, 0.4) is 0 Å². The molecule has 0 fully saturated rings. The van der Waals surface area contributed by atoms with Crippen LogP contribution in [0.1, 0.15) is 31.9 Å². The highest BCUT2D eigenvalue weighted by Gasteiger charge is 2.13. The van der Waals surface area contributed by atoms with E-state index in [4.69, 9.17) is 0 Å². The van der Waals surface area contributed by atoms with Crippen molar-refractivity contribution in [1.29, 1.82) is 0 Å². The zero-order valence-corrected chi connectivity index (χ0v) is 12.0. The number of hydrogen-bond donors (Lipinski definition) is 2. The minimum atomic E-state index is 0.187. The van der Waals surface area contributed by atoms with Crippen molar-refractivity contribution in [3.63, 3.8) is 0 Å². The Morgan fingerprint density at radius 3 is 2.61 bits per heavy atom. The van der Waals surface area contributed by atoms with E-state index in [2.05, 4.69) is 56.1 Å². The minimum absolute atomic E-state index is 0.187. The maximum atomic E-state index is 9.21. The Bertz CT molecular complexity index is 364. The van der Waals surface area contributed by atoms with Gasteiger partial charge in [-0.15, -0.1) is 0 Å². The smallest absolute Gasteiger partial charge is 0.0606 e. The Morgan fingerprint density at radius 2 is 2.06 bits per heavy atom. The SMILES string of the molecule is CCNCc1cc(C)ccc1N(CCO)C(C)C. The molecule has 1 rings (SSSR count). The fraction of sp³-hybridized carbons (Fsp3) is 0.600. The van der Waals surface area contributed by atoms with Crippen LogP contribution >= 0.6 is 0 Å². The van der Waals surface area contributed by atoms with Gasteiger partial charge in [-0.05, 0) is 38.9 Å². The van der Waals surface area contributed by atoms with Gasteiger partial charge in [0.25, 0.3) is 0 Å². The normalized spacial score (nSPS) is 11.0. The lowest BCUT2D eigenvalue weighted by Gasteiger charge is -2.30. The second-order valence-corrected chi connectivity index (χ2v) is 4.92. The topological polar surface area (TPSA) is 35.5 Å². The molecule has 0 spiro atoms. The fourth-order valence-electron chi connectivity index (χ4n) is 2.16. The van der Waals surface area contributed by atoms with Crippen molar-refractivity contribution < 1.29 is 5.11 Å². The number of hydrogen-bond acceptors (Lipinski definition) is 3. The van der Waals surface area contributed by atoms with E-state index in [1.165, 1.54) is 16.8 Å². The standard InChI is InChI=1S/C15H26N2O/c1-5-16-11-14-10-13(4)6-7-15(14)17(8-9-18)12(2)3/h6-7,10,12,16,18H,5,8-9,11H2,1-4H3. The highest BCUT2D eigenvalue weighted by molar-refractivity contribution is 5.55. The molecular formula is C15H26N2O. The van der Waals surface area contributed by atoms with E-state index in [1.807, 2.05) is 0 Å². The van der Waals surface area contributed by atoms with Gasteiger partial charge in [0, 0.05) is 24.8 Å². The molecule has 0 heterocycles. The Morgan fingerprint density at radius 1 is 1.33 bits per heavy atom. The van der Waals surface area contributed by atoms with Crippen LogP contribution < -0.4 is 10.2 Å². The van der Waals surface area contributed by atoms with E-state index in [-0.39, 0.29) is 6.61 Å². The number of aryl methyl sites for hydroxylation is 1. The monoisotopic (exact) mass is 250 g/mol. The van der Waals surface area contributed by atoms with Gasteiger partial charge in [0.1, 0.15) is 0 Å². The molecule has 0 aliphatic heterocycles. The molecule has 102 valence electrons. The fourth-order valence-corrected chi connectivity index (χ4v) is 2.16. The summed E-state index contributed by atoms with van der Waals surface area (Å²) < 4.78 is 0. The zero-order valence-electron chi connectivity index (χ0n) is 12.0. The Balaban J connectivity index is 3.03. The lowest BCUT2D eigenvalue weighted by Crippen LogP contribution is -2.34. The van der Waals surface area contributed by atoms with Crippen molar-refractivity contribution in [2.45, 2.75) is 40.3 Å². The molecule has 0 atom stereocenters. The molecule has 18 heavy (non-hydrogen) atoms. The molecule has 0 aliphatic carbocycles. The van der Waals surface area contributed by atoms with Crippen LogP contribution in [0.4, 0.5) is 5.69 Å². The number of anilines is 1. The van der Waals surface area contributed by atoms with Crippen molar-refractivity contribution >= 4 is 5.69 Å². The van der Waals surface area contributed by atoms with Crippen LogP contribution in [0.25, 0.3) is 0 Å². The highest BCUT2D eigenvalue weighted by Crippen LogP contribution is 2.23. The molecule has 0 saturated carbocycles. The molecule has 0 bridgehead atoms. The van der Waals surface area contributed by atoms with Crippen molar-refractivity contribution in [1.82, 2.24) is 5.32 Å². The summed E-state index contributed by atoms with van der Waals surface area (Å²) in [5.41, 5.74) is 3.81. The Hall–Kier alpha value is -1.06. The summed E-state index contributed by atoms with van der Waals surface area (Å²) in [6, 6.07) is 6.92. The van der Waals surface area contributed by atoms with Crippen LogP contribution in [0, 0.1) is 6.92 Å². The maximum Gasteiger partial charge on any atom is 0.0606 e. The maximum absolute atomic E-state index is 9.21. The number of aliphatic hydroxyl groups excluding tert-OH is 1. The van der Waals surface area contributed by atoms with E-state index in [0.29, 0.717) is 12.6 Å². The second kappa shape index (κ2) is 7.39. The molecule has 0 unspecified atom stereocenters. The van der Waals surface area contributed by atoms with Crippen LogP contribution in [-0.2, 0) is 6.54 Å². The molecule has 1 aromatic rings. The second-order valence-electron chi connectivity index (χ2n) is 4.92. The average molecular weight is 250 g/mol. The average Bonchev–Trinajstić information content (AvgIpc) is 2.34. The Kier molecular flexibility index (Phi) is 6.16. The van der Waals surface area contributed by atoms with Gasteiger partial charge in [0.15, 0.2) is 0 Å². The first kappa shape index (κ1) is 15.0. The van der Waals surface area contributed by atoms with Gasteiger partial charge in [-0.25, -0.2) is 0 Å². The van der Waals surface area contributed by atoms with Crippen molar-refractivity contribution in [2.24, 2.45) is 0 Å². The number of aliphatic hydroxyl groups is 1. The van der Waals surface area contributed by atoms with Gasteiger partial charge in [0.05, 0.1) is 6.61 Å². The van der Waals surface area contributed by atoms with E-state index >= 15 is 0 Å². The third kappa shape index (κ3) is 4.00. The van der Waals surface area contributed by atoms with E-state index in [0.717, 1.165) is 13.1 Å². The summed E-state index contributed by atoms with van der Waals surface area (Å²) >= 11 is 0. The molecule has 0 saturated heterocycles. The largest absolute Gasteiger partial charge is 0.395 e. The Labute approximate surface area is 111 Å². The van der Waals surface area contributed by atoms with Crippen LogP contribution in [0.2, 0.25) is 0 Å². The van der Waals surface area contributed by atoms with Gasteiger partial charge in [0.2, 0.25) is 0 Å². The first-order valence-electron chi connectivity index (χ1n) is 6.77. The predicted octanol–water partition coefficient (Wildman–Crippen LogP) is 2.31. The number of nitrogens with zero attached hydrogens (tertiary/aromatic N) is 1. The zero-order chi connectivity index (χ0) is 13.5. The molecule has 3 heteroatoms. The third-order valence-corrected chi connectivity index (χ3v) is 3.07. The molecule has 0 amide bonds. The van der Waals surface area contributed by atoms with E-state index in [9.17, 15) is 5.11 Å². The molecule has 3 nitrogen and oxygen atoms in total. The van der Waals surface area contributed by atoms with Crippen LogP contribution in [-0.4, -0.2) is 30.8 Å². The van der Waals surface area contributed by atoms with Gasteiger partial charge in [-0.3, -0.25) is 0 Å². The summed E-state index contributed by atoms with van der Waals surface area (Å²) in [5, 5.41) is 12.6. The number of benzene rings is 1. The molecular weight excluding hydrogens is 224 g/mol. The summed E-state index contributed by atoms with van der Waals surface area (Å²) in [6.07, 6.45) is 0. The third-order valence-electron chi connectivity index (χ3n) is 3.07. The number of rotatable bonds is 7. The molecule has 0 aliphatic rings. The first-order chi connectivity index (χ1) is 8.60. The first-order valence-corrected chi connectivity index (χ1v) is 6.77. The van der Waals surface area contributed by atoms with Gasteiger partial charge in [-0.1, -0.05) is 24.6 Å². The molecule has 0 radical (unpaired) electrons. The van der Waals surface area contributed by atoms with Gasteiger partial charge >= 0.3 is 0 Å². The van der Waals surface area contributed by atoms with Gasteiger partial charge < -0.3 is 15.3 Å². The van der Waals surface area contributed by atoms with Crippen LogP contribution in [0.5, 0.6) is 0 Å². The van der Waals surface area contributed by atoms with E-state index in [1.54, 1.807) is 0 Å². The summed E-state index contributed by atoms with van der Waals surface area (Å²) in [6.45, 7) is 11.3. The lowest BCUT2D eigenvalue weighted by atomic mass is 10.1. The van der Waals surface area contributed by atoms with Crippen molar-refractivity contribution in [3.8, 4) is 0 Å². The molecule has 0 aromatic heterocycles. The summed E-state index contributed by atoms with van der Waals surface area (Å²) in [7, 11) is 0. The number of nitrogens with one attached hydrogen (secondary N) is 1. The van der Waals surface area contributed by atoms with Crippen LogP contribution in [0.15, 0.2) is 18.2 Å². The van der Waals surface area contributed by atoms with Crippen molar-refractivity contribution in [2.75, 3.05) is 24.6 Å². The highest BCUT2D eigenvalue weighted by atomic mass is 16.3. The summed E-state index contributed by atoms with van der Waals surface area (Å²) in [4.78, 5) is 2.26. The summed E-state index contributed by atoms with van der Waals surface area (Å²) in [5.74, 6) is 0. The molecule has 2 N–H and O–H groups in total. The lowest BCUT2D eigenvalue weighted by molar-refractivity contribution is 0.299. The minimum Gasteiger partial charge on any atom is -0.395 e.